The molecule has 5 heteroatoms. The predicted molar refractivity (Wildman–Crippen MR) is 217 cm³/mol. The summed E-state index contributed by atoms with van der Waals surface area (Å²) in [6.07, 6.45) is 0. The quantitative estimate of drug-likeness (QED) is 0.116. The van der Waals surface area contributed by atoms with Crippen LogP contribution in [0.3, 0.4) is 0 Å². The van der Waals surface area contributed by atoms with Crippen LogP contribution < -0.4 is 0 Å². The van der Waals surface area contributed by atoms with Gasteiger partial charge >= 0.3 is 0 Å². The Balaban J connectivity index is 1.70. The number of halogens is 2. The van der Waals surface area contributed by atoms with Gasteiger partial charge in [0, 0.05) is 38.3 Å². The molecular weight excluding hydrogens is 760 g/mol. The summed E-state index contributed by atoms with van der Waals surface area (Å²) < 4.78 is 8.14. The molecular formula is C46H48Br2O3. The third-order valence-electron chi connectivity index (χ3n) is 9.62. The van der Waals surface area contributed by atoms with E-state index in [4.69, 9.17) is 4.74 Å². The van der Waals surface area contributed by atoms with E-state index in [0.717, 1.165) is 36.8 Å². The molecule has 264 valence electrons. The Morgan fingerprint density at radius 1 is 0.412 bits per heavy atom. The van der Waals surface area contributed by atoms with Gasteiger partial charge in [-0.2, -0.15) is 0 Å². The molecule has 5 rings (SSSR count). The van der Waals surface area contributed by atoms with Gasteiger partial charge in [0.05, 0.1) is 0 Å². The van der Waals surface area contributed by atoms with E-state index in [1.54, 1.807) is 7.11 Å². The third kappa shape index (κ3) is 8.22. The highest BCUT2D eigenvalue weighted by Gasteiger charge is 2.39. The molecule has 0 atom stereocenters. The van der Waals surface area contributed by atoms with Gasteiger partial charge in [-0.15, -0.1) is 0 Å². The molecule has 0 spiro atoms. The van der Waals surface area contributed by atoms with Crippen molar-refractivity contribution in [1.29, 1.82) is 0 Å². The first-order chi connectivity index (χ1) is 23.7. The minimum absolute atomic E-state index is 0.0226. The molecule has 0 unspecified atom stereocenters. The zero-order valence-electron chi connectivity index (χ0n) is 31.4. The summed E-state index contributed by atoms with van der Waals surface area (Å²) in [4.78, 5) is 28.2. The molecule has 0 amide bonds. The van der Waals surface area contributed by atoms with E-state index < -0.39 is 5.60 Å². The topological polar surface area (TPSA) is 43.4 Å². The van der Waals surface area contributed by atoms with E-state index >= 15 is 0 Å². The first-order valence-electron chi connectivity index (χ1n) is 17.3. The molecule has 0 fully saturated rings. The lowest BCUT2D eigenvalue weighted by Gasteiger charge is -2.36. The number of methoxy groups -OCH3 is 1. The Morgan fingerprint density at radius 2 is 0.706 bits per heavy atom. The van der Waals surface area contributed by atoms with Crippen molar-refractivity contribution >= 4 is 43.4 Å². The van der Waals surface area contributed by atoms with Crippen molar-refractivity contribution in [2.75, 3.05) is 7.11 Å². The zero-order chi connectivity index (χ0) is 37.5. The molecule has 3 nitrogen and oxygen atoms in total. The van der Waals surface area contributed by atoms with Gasteiger partial charge in [0.2, 0.25) is 0 Å². The summed E-state index contributed by atoms with van der Waals surface area (Å²) in [7, 11) is 1.68. The van der Waals surface area contributed by atoms with Crippen molar-refractivity contribution in [2.24, 2.45) is 0 Å². The Hall–Kier alpha value is -3.64. The summed E-state index contributed by atoms with van der Waals surface area (Å²) in [5, 5.41) is 0. The second kappa shape index (κ2) is 14.4. The fourth-order valence-electron chi connectivity index (χ4n) is 6.48. The maximum absolute atomic E-state index is 14.1. The highest BCUT2D eigenvalue weighted by Crippen LogP contribution is 2.43. The van der Waals surface area contributed by atoms with Crippen molar-refractivity contribution in [3.8, 4) is 0 Å². The smallest absolute Gasteiger partial charge is 0.193 e. The molecule has 51 heavy (non-hydrogen) atoms. The lowest BCUT2D eigenvalue weighted by molar-refractivity contribution is 0.0582. The predicted octanol–water partition coefficient (Wildman–Crippen LogP) is 12.5. The average Bonchev–Trinajstić information content (AvgIpc) is 3.07. The minimum Gasteiger partial charge on any atom is -0.364 e. The number of ketones is 2. The van der Waals surface area contributed by atoms with Crippen LogP contribution in [0.5, 0.6) is 0 Å². The molecule has 0 aromatic heterocycles. The monoisotopic (exact) mass is 806 g/mol. The average molecular weight is 809 g/mol. The van der Waals surface area contributed by atoms with Crippen LogP contribution in [-0.2, 0) is 26.6 Å². The van der Waals surface area contributed by atoms with E-state index in [0.29, 0.717) is 22.3 Å². The summed E-state index contributed by atoms with van der Waals surface area (Å²) in [5.74, 6) is -0.176. The van der Waals surface area contributed by atoms with E-state index in [-0.39, 0.29) is 27.8 Å². The van der Waals surface area contributed by atoms with Gasteiger partial charge in [-0.25, -0.2) is 0 Å². The third-order valence-corrected chi connectivity index (χ3v) is 10.5. The summed E-state index contributed by atoms with van der Waals surface area (Å²) in [6, 6.07) is 35.7. The van der Waals surface area contributed by atoms with E-state index in [9.17, 15) is 9.59 Å². The molecule has 0 bridgehead atoms. The standard InChI is InChI=1S/C46H48Br2O3/c1-43(2,3)33-15-11-29(12-16-33)41(49)31-23-37(27-39(47)25-31)46(51-10,36-21-19-35(20-22-36)45(7,8)9)38-24-32(26-40(48)28-38)42(50)30-13-17-34(18-14-30)44(4,5)6/h11-28H,1-10H3. The van der Waals surface area contributed by atoms with Crippen LogP contribution in [0.2, 0.25) is 0 Å². The van der Waals surface area contributed by atoms with Gasteiger partial charge in [0.1, 0.15) is 5.60 Å². The Kier molecular flexibility index (Phi) is 10.9. The number of ether oxygens (including phenoxy) is 1. The number of hydrogen-bond acceptors (Lipinski definition) is 3. The molecule has 0 saturated heterocycles. The molecule has 0 saturated carbocycles. The van der Waals surface area contributed by atoms with Crippen LogP contribution in [0.25, 0.3) is 0 Å². The van der Waals surface area contributed by atoms with Crippen LogP contribution in [0, 0.1) is 0 Å². The second-order valence-electron chi connectivity index (χ2n) is 16.5. The Morgan fingerprint density at radius 3 is 1.00 bits per heavy atom. The fraction of sp³-hybridized carbons (Fsp3) is 0.304. The largest absolute Gasteiger partial charge is 0.364 e. The van der Waals surface area contributed by atoms with Crippen LogP contribution >= 0.6 is 31.9 Å². The minimum atomic E-state index is -1.18. The van der Waals surface area contributed by atoms with Crippen molar-refractivity contribution in [3.05, 3.63) is 174 Å². The highest BCUT2D eigenvalue weighted by atomic mass is 79.9. The molecule has 0 radical (unpaired) electrons. The van der Waals surface area contributed by atoms with Gasteiger partial charge in [-0.3, -0.25) is 9.59 Å². The molecule has 0 aliphatic heterocycles. The number of carbonyl (C=O) groups excluding carboxylic acids is 2. The summed E-state index contributed by atoms with van der Waals surface area (Å²) in [5.41, 5.74) is 6.89. The molecule has 0 aliphatic rings. The fourth-order valence-corrected chi connectivity index (χ4v) is 7.47. The first-order valence-corrected chi connectivity index (χ1v) is 18.9. The number of benzene rings is 5. The molecule has 5 aromatic carbocycles. The van der Waals surface area contributed by atoms with Gasteiger partial charge < -0.3 is 4.74 Å². The van der Waals surface area contributed by atoms with Crippen LogP contribution in [-0.4, -0.2) is 18.7 Å². The normalized spacial score (nSPS) is 12.5. The lowest BCUT2D eigenvalue weighted by Crippen LogP contribution is -2.32. The molecule has 0 N–H and O–H groups in total. The van der Waals surface area contributed by atoms with Crippen molar-refractivity contribution in [2.45, 2.75) is 84.2 Å². The van der Waals surface area contributed by atoms with Crippen molar-refractivity contribution in [1.82, 2.24) is 0 Å². The summed E-state index contributed by atoms with van der Waals surface area (Å²) in [6.45, 7) is 19.5. The number of carbonyl (C=O) groups is 2. The number of rotatable bonds is 8. The Labute approximate surface area is 321 Å². The van der Waals surface area contributed by atoms with Crippen molar-refractivity contribution < 1.29 is 14.3 Å². The van der Waals surface area contributed by atoms with E-state index in [1.165, 1.54) is 5.56 Å². The van der Waals surface area contributed by atoms with E-state index in [2.05, 4.69) is 118 Å². The van der Waals surface area contributed by atoms with Gasteiger partial charge in [0.25, 0.3) is 0 Å². The second-order valence-corrected chi connectivity index (χ2v) is 18.3. The number of hydrogen-bond donors (Lipinski definition) is 0. The van der Waals surface area contributed by atoms with Gasteiger partial charge in [-0.1, -0.05) is 167 Å². The Bertz CT molecular complexity index is 1930. The molecule has 5 aromatic rings. The summed E-state index contributed by atoms with van der Waals surface area (Å²) >= 11 is 7.45. The molecule has 0 aliphatic carbocycles. The first kappa shape index (κ1) is 38.6. The van der Waals surface area contributed by atoms with Gasteiger partial charge in [-0.05, 0) is 86.0 Å². The highest BCUT2D eigenvalue weighted by molar-refractivity contribution is 9.10. The van der Waals surface area contributed by atoms with Crippen LogP contribution in [0.4, 0.5) is 0 Å². The maximum Gasteiger partial charge on any atom is 0.193 e. The van der Waals surface area contributed by atoms with Gasteiger partial charge in [0.15, 0.2) is 11.6 Å². The van der Waals surface area contributed by atoms with Crippen molar-refractivity contribution in [3.63, 3.8) is 0 Å². The maximum atomic E-state index is 14.1. The molecule has 0 heterocycles. The lowest BCUT2D eigenvalue weighted by atomic mass is 9.77. The van der Waals surface area contributed by atoms with Crippen LogP contribution in [0.15, 0.2) is 118 Å². The van der Waals surface area contributed by atoms with E-state index in [1.807, 2.05) is 84.9 Å². The SMILES string of the molecule is COC(c1ccc(C(C)(C)C)cc1)(c1cc(Br)cc(C(=O)c2ccc(C(C)(C)C)cc2)c1)c1cc(Br)cc(C(=O)c2ccc(C(C)(C)C)cc2)c1. The van der Waals surface area contributed by atoms with Crippen LogP contribution in [0.1, 0.15) is 128 Å². The zero-order valence-corrected chi connectivity index (χ0v) is 34.5.